The third-order valence-corrected chi connectivity index (χ3v) is 6.26. The Morgan fingerprint density at radius 2 is 1.74 bits per heavy atom. The summed E-state index contributed by atoms with van der Waals surface area (Å²) in [7, 11) is 0. The van der Waals surface area contributed by atoms with Crippen LogP contribution in [0.25, 0.3) is 6.08 Å². The molecule has 1 saturated heterocycles. The average molecular weight is 413 g/mol. The molecule has 0 aliphatic carbocycles. The van der Waals surface area contributed by atoms with Crippen LogP contribution in [0.2, 0.25) is 0 Å². The van der Waals surface area contributed by atoms with Gasteiger partial charge < -0.3 is 4.42 Å². The number of aromatic nitrogens is 1. The van der Waals surface area contributed by atoms with E-state index in [1.807, 2.05) is 73.1 Å². The Kier molecular flexibility index (Phi) is 4.99. The molecule has 0 N–H and O–H groups in total. The highest BCUT2D eigenvalue weighted by atomic mass is 32.2. The Labute approximate surface area is 171 Å². The number of carbonyl (C=O) groups excluding carboxylic acids is 1. The van der Waals surface area contributed by atoms with E-state index in [0.29, 0.717) is 15.0 Å². The third kappa shape index (κ3) is 3.63. The molecular weight excluding hydrogens is 396 g/mol. The highest BCUT2D eigenvalue weighted by Crippen LogP contribution is 2.34. The van der Waals surface area contributed by atoms with E-state index in [-0.39, 0.29) is 5.91 Å². The van der Waals surface area contributed by atoms with Gasteiger partial charge in [0.05, 0.1) is 4.91 Å². The lowest BCUT2D eigenvalue weighted by molar-refractivity contribution is -0.114. The molecule has 4 nitrogen and oxygen atoms in total. The highest BCUT2D eigenvalue weighted by molar-refractivity contribution is 8.27. The van der Waals surface area contributed by atoms with Crippen LogP contribution in [-0.4, -0.2) is 14.9 Å². The normalized spacial score (nSPS) is 15.9. The Morgan fingerprint density at radius 3 is 2.44 bits per heavy atom. The molecule has 3 heterocycles. The topological polar surface area (TPSA) is 38.4 Å². The number of hydrogen-bond donors (Lipinski definition) is 0. The zero-order chi connectivity index (χ0) is 19.0. The van der Waals surface area contributed by atoms with Crippen molar-refractivity contribution >= 4 is 52.0 Å². The van der Waals surface area contributed by atoms with E-state index >= 15 is 0 Å². The van der Waals surface area contributed by atoms with Gasteiger partial charge in [0.1, 0.15) is 5.76 Å². The summed E-state index contributed by atoms with van der Waals surface area (Å²) in [4.78, 5) is 14.6. The van der Waals surface area contributed by atoms with Gasteiger partial charge in [0.15, 0.2) is 9.41 Å². The number of nitrogens with zero attached hydrogens (tertiary/aromatic N) is 2. The minimum Gasteiger partial charge on any atom is -0.450 e. The maximum Gasteiger partial charge on any atom is 0.285 e. The van der Waals surface area contributed by atoms with Crippen LogP contribution in [0.3, 0.4) is 0 Å². The molecule has 0 spiro atoms. The fraction of sp³-hybridized carbons (Fsp3) is 0.100. The zero-order valence-electron chi connectivity index (χ0n) is 14.7. The molecule has 0 unspecified atom stereocenters. The summed E-state index contributed by atoms with van der Waals surface area (Å²) in [6.45, 7) is 3.91. The molecule has 136 valence electrons. The fourth-order valence-corrected chi connectivity index (χ4v) is 4.83. The lowest BCUT2D eigenvalue weighted by Gasteiger charge is -2.20. The van der Waals surface area contributed by atoms with Crippen LogP contribution in [0.4, 0.5) is 0 Å². The summed E-state index contributed by atoms with van der Waals surface area (Å²) in [5, 5.41) is 2.32. The monoisotopic (exact) mass is 412 g/mol. The smallest absolute Gasteiger partial charge is 0.285 e. The molecule has 0 saturated carbocycles. The third-order valence-electron chi connectivity index (χ3n) is 4.04. The van der Waals surface area contributed by atoms with E-state index in [4.69, 9.17) is 16.6 Å². The van der Waals surface area contributed by atoms with Crippen LogP contribution in [0.5, 0.6) is 0 Å². The lowest BCUT2D eigenvalue weighted by Crippen LogP contribution is -2.39. The molecule has 27 heavy (non-hydrogen) atoms. The van der Waals surface area contributed by atoms with Gasteiger partial charge in [-0.1, -0.05) is 41.7 Å². The van der Waals surface area contributed by atoms with E-state index in [0.717, 1.165) is 21.4 Å². The van der Waals surface area contributed by atoms with Gasteiger partial charge in [0.2, 0.25) is 0 Å². The standard InChI is InChI=1S/C20H16N2O2S3/c1-13-8-9-14(2)21(13)22-19(23)17(27-20(22)25)12-15-10-11-18(24-15)26-16-6-4-3-5-7-16/h3-12H,1-2H3/b17-12-. The number of thioether (sulfide) groups is 1. The van der Waals surface area contributed by atoms with Crippen LogP contribution in [-0.2, 0) is 4.79 Å². The molecule has 4 rings (SSSR count). The highest BCUT2D eigenvalue weighted by Gasteiger charge is 2.35. The van der Waals surface area contributed by atoms with Gasteiger partial charge in [-0.25, -0.2) is 0 Å². The summed E-state index contributed by atoms with van der Waals surface area (Å²) < 4.78 is 8.22. The summed E-state index contributed by atoms with van der Waals surface area (Å²) >= 11 is 8.27. The van der Waals surface area contributed by atoms with E-state index in [1.165, 1.54) is 11.8 Å². The summed E-state index contributed by atoms with van der Waals surface area (Å²) in [6.07, 6.45) is 1.75. The van der Waals surface area contributed by atoms with E-state index in [1.54, 1.807) is 22.8 Å². The van der Waals surface area contributed by atoms with Gasteiger partial charge in [-0.3, -0.25) is 9.47 Å². The van der Waals surface area contributed by atoms with Crippen molar-refractivity contribution in [3.8, 4) is 0 Å². The van der Waals surface area contributed by atoms with Gasteiger partial charge in [-0.05, 0) is 62.5 Å². The Hall–Kier alpha value is -2.22. The molecule has 1 aliphatic rings. The molecule has 1 amide bonds. The van der Waals surface area contributed by atoms with Crippen molar-refractivity contribution in [3.63, 3.8) is 0 Å². The van der Waals surface area contributed by atoms with Crippen molar-refractivity contribution in [2.75, 3.05) is 5.01 Å². The van der Waals surface area contributed by atoms with Crippen molar-refractivity contribution in [2.24, 2.45) is 0 Å². The molecule has 0 bridgehead atoms. The quantitative estimate of drug-likeness (QED) is 0.424. The van der Waals surface area contributed by atoms with Crippen LogP contribution < -0.4 is 5.01 Å². The Balaban J connectivity index is 1.57. The number of furan rings is 1. The van der Waals surface area contributed by atoms with Crippen molar-refractivity contribution in [3.05, 3.63) is 76.7 Å². The molecule has 0 radical (unpaired) electrons. The van der Waals surface area contributed by atoms with E-state index < -0.39 is 0 Å². The molecule has 7 heteroatoms. The summed E-state index contributed by atoms with van der Waals surface area (Å²) in [6, 6.07) is 17.7. The van der Waals surface area contributed by atoms with Gasteiger partial charge in [-0.15, -0.1) is 0 Å². The average Bonchev–Trinajstić information content (AvgIpc) is 3.30. The van der Waals surface area contributed by atoms with Crippen molar-refractivity contribution < 1.29 is 9.21 Å². The molecule has 1 aliphatic heterocycles. The minimum atomic E-state index is -0.138. The second-order valence-electron chi connectivity index (χ2n) is 5.99. The molecule has 1 fully saturated rings. The van der Waals surface area contributed by atoms with Gasteiger partial charge in [-0.2, -0.15) is 5.01 Å². The van der Waals surface area contributed by atoms with Crippen LogP contribution in [0.1, 0.15) is 17.1 Å². The van der Waals surface area contributed by atoms with Crippen molar-refractivity contribution in [1.82, 2.24) is 4.68 Å². The first-order valence-corrected chi connectivity index (χ1v) is 10.3. The number of amides is 1. The molecule has 0 atom stereocenters. The van der Waals surface area contributed by atoms with Crippen LogP contribution >= 0.6 is 35.7 Å². The van der Waals surface area contributed by atoms with Gasteiger partial charge >= 0.3 is 0 Å². The number of carbonyl (C=O) groups is 1. The zero-order valence-corrected chi connectivity index (χ0v) is 17.2. The van der Waals surface area contributed by atoms with Crippen molar-refractivity contribution in [1.29, 1.82) is 0 Å². The number of hydrogen-bond acceptors (Lipinski definition) is 5. The second kappa shape index (κ2) is 7.42. The first-order chi connectivity index (χ1) is 13.0. The van der Waals surface area contributed by atoms with E-state index in [2.05, 4.69) is 0 Å². The predicted molar refractivity (Wildman–Crippen MR) is 115 cm³/mol. The fourth-order valence-electron chi connectivity index (χ4n) is 2.81. The maximum absolute atomic E-state index is 12.9. The van der Waals surface area contributed by atoms with Crippen molar-refractivity contribution in [2.45, 2.75) is 23.8 Å². The number of benzene rings is 1. The van der Waals surface area contributed by atoms with Crippen LogP contribution in [0, 0.1) is 13.8 Å². The first kappa shape index (κ1) is 18.2. The second-order valence-corrected chi connectivity index (χ2v) is 8.75. The maximum atomic E-state index is 12.9. The Morgan fingerprint density at radius 1 is 1.04 bits per heavy atom. The molecule has 1 aromatic carbocycles. The number of rotatable bonds is 4. The van der Waals surface area contributed by atoms with Crippen LogP contribution in [0.15, 0.2) is 73.9 Å². The lowest BCUT2D eigenvalue weighted by atomic mass is 10.4. The minimum absolute atomic E-state index is 0.138. The summed E-state index contributed by atoms with van der Waals surface area (Å²) in [5.41, 5.74) is 1.93. The van der Waals surface area contributed by atoms with Gasteiger partial charge in [0, 0.05) is 22.4 Å². The summed E-state index contributed by atoms with van der Waals surface area (Å²) in [5.74, 6) is 0.496. The largest absolute Gasteiger partial charge is 0.450 e. The van der Waals surface area contributed by atoms with E-state index in [9.17, 15) is 4.79 Å². The SMILES string of the molecule is Cc1ccc(C)n1N1C(=O)/C(=C/c2ccc(Sc3ccccc3)o2)SC1=S. The number of aryl methyl sites for hydroxylation is 2. The predicted octanol–water partition coefficient (Wildman–Crippen LogP) is 5.39. The first-order valence-electron chi connectivity index (χ1n) is 8.29. The molecular formula is C20H16N2O2S3. The Bertz CT molecular complexity index is 1030. The molecule has 2 aromatic heterocycles. The number of thiocarbonyl (C=S) groups is 1. The van der Waals surface area contributed by atoms with Gasteiger partial charge in [0.25, 0.3) is 5.91 Å². The molecule has 3 aromatic rings.